The second-order valence-corrected chi connectivity index (χ2v) is 6.38. The number of aromatic nitrogens is 2. The van der Waals surface area contributed by atoms with Gasteiger partial charge in [0, 0.05) is 18.1 Å². The van der Waals surface area contributed by atoms with Gasteiger partial charge in [0.25, 0.3) is 0 Å². The van der Waals surface area contributed by atoms with Crippen molar-refractivity contribution < 1.29 is 9.59 Å². The summed E-state index contributed by atoms with van der Waals surface area (Å²) in [5.41, 5.74) is 2.04. The molecule has 1 N–H and O–H groups in total. The summed E-state index contributed by atoms with van der Waals surface area (Å²) in [6.45, 7) is 2.06. The van der Waals surface area contributed by atoms with Crippen LogP contribution in [0.25, 0.3) is 5.69 Å². The van der Waals surface area contributed by atoms with Crippen molar-refractivity contribution >= 4 is 23.6 Å². The summed E-state index contributed by atoms with van der Waals surface area (Å²) in [6, 6.07) is 7.83. The Hall–Kier alpha value is -2.28. The third kappa shape index (κ3) is 3.73. The van der Waals surface area contributed by atoms with E-state index in [1.807, 2.05) is 42.0 Å². The number of hydrogen-bond acceptors (Lipinski definition) is 4. The molecule has 1 aliphatic rings. The van der Waals surface area contributed by atoms with Crippen molar-refractivity contribution in [3.63, 3.8) is 0 Å². The molecule has 0 saturated carbocycles. The van der Waals surface area contributed by atoms with E-state index in [1.165, 1.54) is 11.8 Å². The topological polar surface area (TPSA) is 67.2 Å². The number of rotatable bonds is 5. The highest BCUT2D eigenvalue weighted by atomic mass is 32.2. The van der Waals surface area contributed by atoms with Gasteiger partial charge in [0.15, 0.2) is 0 Å². The first-order valence-corrected chi connectivity index (χ1v) is 8.52. The van der Waals surface area contributed by atoms with Crippen LogP contribution in [0.15, 0.2) is 43.0 Å². The number of benzene rings is 1. The minimum atomic E-state index is -0.132. The van der Waals surface area contributed by atoms with Gasteiger partial charge in [-0.2, -0.15) is 0 Å². The van der Waals surface area contributed by atoms with Crippen molar-refractivity contribution in [2.24, 2.45) is 0 Å². The first-order chi connectivity index (χ1) is 11.1. The number of nitrogens with one attached hydrogen (secondary N) is 1. The standard InChI is InChI=1S/C16H18N4O2S/c1-12(18-15(21)8-20-11-23-9-16(20)22)13-2-4-14(5-3-13)19-7-6-17-10-19/h2-7,10,12H,8-9,11H2,1H3,(H,18,21)/t12-/m1/s1. The van der Waals surface area contributed by atoms with E-state index in [-0.39, 0.29) is 24.4 Å². The van der Waals surface area contributed by atoms with Gasteiger partial charge in [0.2, 0.25) is 11.8 Å². The molecule has 0 aliphatic carbocycles. The van der Waals surface area contributed by atoms with Crippen LogP contribution >= 0.6 is 11.8 Å². The van der Waals surface area contributed by atoms with Gasteiger partial charge in [-0.3, -0.25) is 9.59 Å². The molecule has 3 rings (SSSR count). The van der Waals surface area contributed by atoms with Crippen LogP contribution in [-0.4, -0.2) is 44.4 Å². The third-order valence-corrected chi connectivity index (χ3v) is 4.68. The first-order valence-electron chi connectivity index (χ1n) is 7.36. The van der Waals surface area contributed by atoms with Gasteiger partial charge in [0.1, 0.15) is 6.54 Å². The van der Waals surface area contributed by atoms with Gasteiger partial charge in [0.05, 0.1) is 24.0 Å². The van der Waals surface area contributed by atoms with Crippen LogP contribution in [0.4, 0.5) is 0 Å². The second kappa shape index (κ2) is 6.87. The molecule has 0 spiro atoms. The quantitative estimate of drug-likeness (QED) is 0.904. The maximum atomic E-state index is 12.1. The van der Waals surface area contributed by atoms with E-state index in [4.69, 9.17) is 0 Å². The smallest absolute Gasteiger partial charge is 0.240 e. The normalized spacial score (nSPS) is 15.7. The number of thioether (sulfide) groups is 1. The van der Waals surface area contributed by atoms with E-state index in [0.29, 0.717) is 11.6 Å². The molecule has 0 unspecified atom stereocenters. The molecule has 2 aromatic rings. The summed E-state index contributed by atoms with van der Waals surface area (Å²) in [5, 5.41) is 2.94. The summed E-state index contributed by atoms with van der Waals surface area (Å²) >= 11 is 1.54. The highest BCUT2D eigenvalue weighted by molar-refractivity contribution is 8.00. The first kappa shape index (κ1) is 15.6. The van der Waals surface area contributed by atoms with Gasteiger partial charge >= 0.3 is 0 Å². The molecule has 0 bridgehead atoms. The monoisotopic (exact) mass is 330 g/mol. The van der Waals surface area contributed by atoms with Crippen molar-refractivity contribution in [3.05, 3.63) is 48.5 Å². The Kier molecular flexibility index (Phi) is 4.66. The highest BCUT2D eigenvalue weighted by Gasteiger charge is 2.23. The second-order valence-electron chi connectivity index (χ2n) is 5.42. The van der Waals surface area contributed by atoms with Crippen molar-refractivity contribution in [2.75, 3.05) is 18.2 Å². The van der Waals surface area contributed by atoms with E-state index in [1.54, 1.807) is 17.4 Å². The van der Waals surface area contributed by atoms with Gasteiger partial charge in [-0.25, -0.2) is 4.98 Å². The zero-order valence-corrected chi connectivity index (χ0v) is 13.6. The summed E-state index contributed by atoms with van der Waals surface area (Å²) in [7, 11) is 0. The zero-order valence-electron chi connectivity index (χ0n) is 12.8. The van der Waals surface area contributed by atoms with Crippen molar-refractivity contribution in [1.29, 1.82) is 0 Å². The predicted molar refractivity (Wildman–Crippen MR) is 89.2 cm³/mol. The molecular weight excluding hydrogens is 312 g/mol. The van der Waals surface area contributed by atoms with E-state index in [0.717, 1.165) is 11.3 Å². The largest absolute Gasteiger partial charge is 0.348 e. The van der Waals surface area contributed by atoms with Crippen LogP contribution in [0, 0.1) is 0 Å². The Morgan fingerprint density at radius 2 is 2.17 bits per heavy atom. The molecule has 120 valence electrons. The van der Waals surface area contributed by atoms with Crippen LogP contribution in [0.5, 0.6) is 0 Å². The van der Waals surface area contributed by atoms with E-state index >= 15 is 0 Å². The fourth-order valence-electron chi connectivity index (χ4n) is 2.43. The lowest BCUT2D eigenvalue weighted by Crippen LogP contribution is -2.39. The van der Waals surface area contributed by atoms with Crippen LogP contribution in [0.3, 0.4) is 0 Å². The van der Waals surface area contributed by atoms with E-state index in [2.05, 4.69) is 10.3 Å². The summed E-state index contributed by atoms with van der Waals surface area (Å²) in [5.74, 6) is 0.966. The minimum Gasteiger partial charge on any atom is -0.348 e. The maximum Gasteiger partial charge on any atom is 0.240 e. The molecule has 1 aromatic heterocycles. The Bertz CT molecular complexity index is 685. The Morgan fingerprint density at radius 1 is 1.39 bits per heavy atom. The number of imidazole rings is 1. The fraction of sp³-hybridized carbons (Fsp3) is 0.312. The highest BCUT2D eigenvalue weighted by Crippen LogP contribution is 2.17. The molecule has 2 amide bonds. The van der Waals surface area contributed by atoms with Crippen LogP contribution in [0.1, 0.15) is 18.5 Å². The summed E-state index contributed by atoms with van der Waals surface area (Å²) < 4.78 is 1.92. The molecule has 1 aliphatic heterocycles. The number of carbonyl (C=O) groups is 2. The molecule has 7 heteroatoms. The lowest BCUT2D eigenvalue weighted by molar-refractivity contribution is -0.132. The van der Waals surface area contributed by atoms with E-state index < -0.39 is 0 Å². The van der Waals surface area contributed by atoms with Gasteiger partial charge in [-0.15, -0.1) is 11.8 Å². The van der Waals surface area contributed by atoms with Crippen molar-refractivity contribution in [2.45, 2.75) is 13.0 Å². The molecule has 23 heavy (non-hydrogen) atoms. The molecule has 0 radical (unpaired) electrons. The lowest BCUT2D eigenvalue weighted by Gasteiger charge is -2.18. The number of carbonyl (C=O) groups excluding carboxylic acids is 2. The lowest BCUT2D eigenvalue weighted by atomic mass is 10.1. The van der Waals surface area contributed by atoms with Crippen LogP contribution in [0.2, 0.25) is 0 Å². The zero-order chi connectivity index (χ0) is 16.2. The molecular formula is C16H18N4O2S. The Labute approximate surface area is 138 Å². The molecule has 1 saturated heterocycles. The minimum absolute atomic E-state index is 0.0301. The summed E-state index contributed by atoms with van der Waals surface area (Å²) in [6.07, 6.45) is 5.35. The van der Waals surface area contributed by atoms with Gasteiger partial charge in [-0.1, -0.05) is 12.1 Å². The average molecular weight is 330 g/mol. The predicted octanol–water partition coefficient (Wildman–Crippen LogP) is 1.58. The van der Waals surface area contributed by atoms with Crippen LogP contribution in [-0.2, 0) is 9.59 Å². The van der Waals surface area contributed by atoms with Crippen molar-refractivity contribution in [3.8, 4) is 5.69 Å². The number of hydrogen-bond donors (Lipinski definition) is 1. The molecule has 2 heterocycles. The summed E-state index contributed by atoms with van der Waals surface area (Å²) in [4.78, 5) is 29.2. The molecule has 1 fully saturated rings. The number of amides is 2. The third-order valence-electron chi connectivity index (χ3n) is 3.73. The van der Waals surface area contributed by atoms with Crippen LogP contribution < -0.4 is 5.32 Å². The van der Waals surface area contributed by atoms with Gasteiger partial charge in [-0.05, 0) is 24.6 Å². The van der Waals surface area contributed by atoms with E-state index in [9.17, 15) is 9.59 Å². The maximum absolute atomic E-state index is 12.1. The van der Waals surface area contributed by atoms with Crippen molar-refractivity contribution in [1.82, 2.24) is 19.8 Å². The molecule has 1 atom stereocenters. The SMILES string of the molecule is C[C@@H](NC(=O)CN1CSCC1=O)c1ccc(-n2ccnc2)cc1. The molecule has 1 aromatic carbocycles. The fourth-order valence-corrected chi connectivity index (χ4v) is 3.34. The van der Waals surface area contributed by atoms with Gasteiger partial charge < -0.3 is 14.8 Å². The number of nitrogens with zero attached hydrogens (tertiary/aromatic N) is 3. The molecule has 6 nitrogen and oxygen atoms in total. The Balaban J connectivity index is 1.58. The average Bonchev–Trinajstić information content (AvgIpc) is 3.20. The Morgan fingerprint density at radius 3 is 2.78 bits per heavy atom.